The topological polar surface area (TPSA) is 61.7 Å². The van der Waals surface area contributed by atoms with E-state index in [1.54, 1.807) is 12.1 Å². The van der Waals surface area contributed by atoms with E-state index < -0.39 is 0 Å². The Balaban J connectivity index is 1.98. The number of hydrazone groups is 1. The second-order valence-electron chi connectivity index (χ2n) is 3.87. The van der Waals surface area contributed by atoms with Crippen LogP contribution in [-0.4, -0.2) is 17.2 Å². The van der Waals surface area contributed by atoms with Gasteiger partial charge in [-0.25, -0.2) is 5.43 Å². The zero-order valence-corrected chi connectivity index (χ0v) is 14.1. The van der Waals surface area contributed by atoms with Crippen LogP contribution in [0.5, 0.6) is 5.75 Å². The number of carbonyl (C=O) groups excluding carboxylic acids is 1. The summed E-state index contributed by atoms with van der Waals surface area (Å²) in [5, 5.41) is 15.6. The van der Waals surface area contributed by atoms with Crippen LogP contribution < -0.4 is 5.43 Å². The number of halogens is 2. The molecule has 20 heavy (non-hydrogen) atoms. The third kappa shape index (κ3) is 4.16. The number of hydrogen-bond donors (Lipinski definition) is 2. The van der Waals surface area contributed by atoms with Crippen molar-refractivity contribution in [2.45, 2.75) is 6.42 Å². The van der Waals surface area contributed by atoms with Crippen LogP contribution in [-0.2, 0) is 11.2 Å². The minimum absolute atomic E-state index is 0.0736. The number of nitrogens with zero attached hydrogens (tertiary/aromatic N) is 1. The highest BCUT2D eigenvalue weighted by molar-refractivity contribution is 9.11. The number of benzene rings is 1. The first-order valence-corrected chi connectivity index (χ1v) is 8.05. The number of thiophene rings is 1. The first-order valence-electron chi connectivity index (χ1n) is 5.58. The average molecular weight is 418 g/mol. The first kappa shape index (κ1) is 15.2. The smallest absolute Gasteiger partial charge is 0.245 e. The lowest BCUT2D eigenvalue weighted by atomic mass is 10.2. The molecule has 0 bridgehead atoms. The van der Waals surface area contributed by atoms with Crippen molar-refractivity contribution in [2.24, 2.45) is 5.10 Å². The first-order chi connectivity index (χ1) is 9.56. The third-order valence-corrected chi connectivity index (χ3v) is 4.30. The second kappa shape index (κ2) is 7.01. The molecule has 2 rings (SSSR count). The average Bonchev–Trinajstić information content (AvgIpc) is 2.87. The Kier molecular flexibility index (Phi) is 5.33. The molecule has 0 saturated carbocycles. The monoisotopic (exact) mass is 416 g/mol. The Labute approximate surface area is 136 Å². The molecule has 0 aliphatic carbocycles. The van der Waals surface area contributed by atoms with E-state index in [-0.39, 0.29) is 11.7 Å². The van der Waals surface area contributed by atoms with Gasteiger partial charge in [0.05, 0.1) is 17.1 Å². The lowest BCUT2D eigenvalue weighted by Gasteiger charge is -2.03. The van der Waals surface area contributed by atoms with Crippen LogP contribution in [0.4, 0.5) is 0 Å². The molecule has 1 heterocycles. The van der Waals surface area contributed by atoms with Gasteiger partial charge in [0, 0.05) is 14.9 Å². The number of phenols is 1. The number of nitrogens with one attached hydrogen (secondary N) is 1. The number of hydrogen-bond acceptors (Lipinski definition) is 4. The molecule has 0 aliphatic heterocycles. The van der Waals surface area contributed by atoms with Crippen LogP contribution in [0.1, 0.15) is 10.4 Å². The Hall–Kier alpha value is -1.18. The maximum atomic E-state index is 11.6. The van der Waals surface area contributed by atoms with Crippen LogP contribution in [0.2, 0.25) is 0 Å². The van der Waals surface area contributed by atoms with Gasteiger partial charge in [0.25, 0.3) is 0 Å². The highest BCUT2D eigenvalue weighted by Gasteiger charge is 2.06. The lowest BCUT2D eigenvalue weighted by Crippen LogP contribution is -2.19. The summed E-state index contributed by atoms with van der Waals surface area (Å²) in [7, 11) is 0. The largest absolute Gasteiger partial charge is 0.506 e. The standard InChI is InChI=1S/C13H10Br2N2O2S/c14-9-4-8(13(19)11(15)5-9)7-16-17-12(18)6-10-2-1-3-20-10/h1-5,7,19H,6H2,(H,17,18)/b16-7-. The quantitative estimate of drug-likeness (QED) is 0.588. The van der Waals surface area contributed by atoms with Crippen LogP contribution >= 0.6 is 43.2 Å². The maximum absolute atomic E-state index is 11.6. The predicted molar refractivity (Wildman–Crippen MR) is 87.3 cm³/mol. The van der Waals surface area contributed by atoms with Gasteiger partial charge in [0.15, 0.2) is 0 Å². The summed E-state index contributed by atoms with van der Waals surface area (Å²) in [5.74, 6) is -0.123. The molecule has 4 nitrogen and oxygen atoms in total. The van der Waals surface area contributed by atoms with Gasteiger partial charge in [-0.3, -0.25) is 4.79 Å². The normalized spacial score (nSPS) is 10.9. The fourth-order valence-electron chi connectivity index (χ4n) is 1.47. The van der Waals surface area contributed by atoms with Gasteiger partial charge in [-0.1, -0.05) is 22.0 Å². The summed E-state index contributed by atoms with van der Waals surface area (Å²) >= 11 is 8.07. The fourth-order valence-corrected chi connectivity index (χ4v) is 3.43. The summed E-state index contributed by atoms with van der Waals surface area (Å²) in [5.41, 5.74) is 2.93. The number of rotatable bonds is 4. The zero-order chi connectivity index (χ0) is 14.5. The molecule has 1 aromatic heterocycles. The van der Waals surface area contributed by atoms with Crippen molar-refractivity contribution < 1.29 is 9.90 Å². The van der Waals surface area contributed by atoms with E-state index in [1.807, 2.05) is 17.5 Å². The second-order valence-corrected chi connectivity index (χ2v) is 6.68. The molecule has 1 aromatic carbocycles. The number of amides is 1. The van der Waals surface area contributed by atoms with Crippen molar-refractivity contribution >= 4 is 55.3 Å². The minimum atomic E-state index is -0.197. The Morgan fingerprint density at radius 3 is 2.95 bits per heavy atom. The van der Waals surface area contributed by atoms with E-state index >= 15 is 0 Å². The maximum Gasteiger partial charge on any atom is 0.245 e. The molecular weight excluding hydrogens is 408 g/mol. The van der Waals surface area contributed by atoms with Crippen LogP contribution in [0.15, 0.2) is 43.7 Å². The zero-order valence-electron chi connectivity index (χ0n) is 10.1. The number of carbonyl (C=O) groups is 1. The molecule has 0 atom stereocenters. The molecule has 7 heteroatoms. The van der Waals surface area contributed by atoms with Crippen molar-refractivity contribution in [3.63, 3.8) is 0 Å². The van der Waals surface area contributed by atoms with Gasteiger partial charge in [-0.2, -0.15) is 5.10 Å². The molecule has 0 fully saturated rings. The highest BCUT2D eigenvalue weighted by atomic mass is 79.9. The summed E-state index contributed by atoms with van der Waals surface area (Å²) in [6.07, 6.45) is 1.69. The molecular formula is C13H10Br2N2O2S. The van der Waals surface area contributed by atoms with Crippen molar-refractivity contribution in [1.82, 2.24) is 5.43 Å². The van der Waals surface area contributed by atoms with Crippen molar-refractivity contribution in [3.8, 4) is 5.75 Å². The van der Waals surface area contributed by atoms with Crippen LogP contribution in [0.3, 0.4) is 0 Å². The molecule has 1 amide bonds. The van der Waals surface area contributed by atoms with Crippen molar-refractivity contribution in [3.05, 3.63) is 49.0 Å². The van der Waals surface area contributed by atoms with Crippen molar-refractivity contribution in [2.75, 3.05) is 0 Å². The molecule has 2 aromatic rings. The van der Waals surface area contributed by atoms with E-state index in [0.717, 1.165) is 9.35 Å². The Morgan fingerprint density at radius 1 is 1.45 bits per heavy atom. The van der Waals surface area contributed by atoms with Crippen LogP contribution in [0, 0.1) is 0 Å². The molecule has 0 unspecified atom stereocenters. The molecule has 104 valence electrons. The van der Waals surface area contributed by atoms with Gasteiger partial charge >= 0.3 is 0 Å². The van der Waals surface area contributed by atoms with Crippen LogP contribution in [0.25, 0.3) is 0 Å². The lowest BCUT2D eigenvalue weighted by molar-refractivity contribution is -0.120. The third-order valence-electron chi connectivity index (χ3n) is 2.37. The molecule has 0 saturated heterocycles. The van der Waals surface area contributed by atoms with E-state index in [2.05, 4.69) is 42.4 Å². The van der Waals surface area contributed by atoms with Gasteiger partial charge in [-0.15, -0.1) is 11.3 Å². The van der Waals surface area contributed by atoms with Gasteiger partial charge in [0.2, 0.25) is 5.91 Å². The van der Waals surface area contributed by atoms with Crippen molar-refractivity contribution in [1.29, 1.82) is 0 Å². The fraction of sp³-hybridized carbons (Fsp3) is 0.0769. The highest BCUT2D eigenvalue weighted by Crippen LogP contribution is 2.30. The van der Waals surface area contributed by atoms with E-state index in [9.17, 15) is 9.90 Å². The summed E-state index contributed by atoms with van der Waals surface area (Å²) in [6, 6.07) is 7.22. The number of phenolic OH excluding ortho intramolecular Hbond substituents is 1. The van der Waals surface area contributed by atoms with E-state index in [0.29, 0.717) is 16.5 Å². The molecule has 0 radical (unpaired) electrons. The predicted octanol–water partition coefficient (Wildman–Crippen LogP) is 3.67. The Bertz CT molecular complexity index is 642. The number of aromatic hydroxyl groups is 1. The van der Waals surface area contributed by atoms with E-state index in [4.69, 9.17) is 0 Å². The minimum Gasteiger partial charge on any atom is -0.506 e. The van der Waals surface area contributed by atoms with Gasteiger partial charge in [0.1, 0.15) is 5.75 Å². The molecule has 0 spiro atoms. The Morgan fingerprint density at radius 2 is 2.25 bits per heavy atom. The molecule has 0 aliphatic rings. The van der Waals surface area contributed by atoms with Gasteiger partial charge < -0.3 is 5.11 Å². The summed E-state index contributed by atoms with van der Waals surface area (Å²) < 4.78 is 1.35. The SMILES string of the molecule is O=C(Cc1cccs1)N/N=C\c1cc(Br)cc(Br)c1O. The summed E-state index contributed by atoms with van der Waals surface area (Å²) in [4.78, 5) is 12.6. The van der Waals surface area contributed by atoms with Gasteiger partial charge in [-0.05, 0) is 39.5 Å². The molecule has 2 N–H and O–H groups in total. The van der Waals surface area contributed by atoms with E-state index in [1.165, 1.54) is 17.6 Å². The summed E-state index contributed by atoms with van der Waals surface area (Å²) in [6.45, 7) is 0.